The molecule has 0 aliphatic heterocycles. The molecule has 2 heterocycles. The Hall–Kier alpha value is -2.57. The second-order valence-electron chi connectivity index (χ2n) is 5.76. The number of fused-ring (bicyclic) bond motifs is 2. The van der Waals surface area contributed by atoms with E-state index in [2.05, 4.69) is 20.3 Å². The molecule has 134 valence electrons. The number of benzene rings is 2. The topological polar surface area (TPSA) is 75.6 Å². The van der Waals surface area contributed by atoms with E-state index in [1.54, 1.807) is 4.57 Å². The Morgan fingerprint density at radius 2 is 1.96 bits per heavy atom. The van der Waals surface area contributed by atoms with Crippen molar-refractivity contribution >= 4 is 51.8 Å². The maximum absolute atomic E-state index is 12.0. The van der Waals surface area contributed by atoms with Crippen molar-refractivity contribution in [2.24, 2.45) is 0 Å². The van der Waals surface area contributed by atoms with E-state index in [-0.39, 0.29) is 18.1 Å². The van der Waals surface area contributed by atoms with Crippen LogP contribution < -0.4 is 11.0 Å². The maximum atomic E-state index is 12.0. The predicted octanol–water partition coefficient (Wildman–Crippen LogP) is 3.98. The third-order valence-corrected chi connectivity index (χ3v) is 4.47. The largest absolute Gasteiger partial charge is 0.365 e. The Morgan fingerprint density at radius 3 is 2.69 bits per heavy atom. The van der Waals surface area contributed by atoms with Gasteiger partial charge in [0.25, 0.3) is 0 Å². The average molecular weight is 390 g/mol. The number of aryl methyl sites for hydroxylation is 1. The minimum Gasteiger partial charge on any atom is -0.365 e. The van der Waals surface area contributed by atoms with Crippen LogP contribution in [0.15, 0.2) is 47.5 Å². The molecule has 26 heavy (non-hydrogen) atoms. The first-order valence-corrected chi connectivity index (χ1v) is 8.39. The highest BCUT2D eigenvalue weighted by Gasteiger charge is 2.10. The third kappa shape index (κ3) is 3.25. The van der Waals surface area contributed by atoms with Crippen LogP contribution in [0.3, 0.4) is 0 Å². The molecule has 0 spiro atoms. The van der Waals surface area contributed by atoms with Crippen LogP contribution in [-0.2, 0) is 13.1 Å². The number of anilines is 1. The molecule has 0 bridgehead atoms. The molecule has 4 aromatic rings. The van der Waals surface area contributed by atoms with Gasteiger partial charge in [0, 0.05) is 23.5 Å². The summed E-state index contributed by atoms with van der Waals surface area (Å²) in [6.45, 7) is 3.17. The number of hydrogen-bond acceptors (Lipinski definition) is 4. The fourth-order valence-electron chi connectivity index (χ4n) is 2.95. The zero-order valence-electron chi connectivity index (χ0n) is 14.0. The van der Waals surface area contributed by atoms with Gasteiger partial charge in [0.2, 0.25) is 0 Å². The summed E-state index contributed by atoms with van der Waals surface area (Å²) in [5.74, 6) is 0.729. The number of hydrogen-bond donors (Lipinski definition) is 2. The van der Waals surface area contributed by atoms with Crippen LogP contribution in [0.4, 0.5) is 5.82 Å². The second kappa shape index (κ2) is 7.35. The van der Waals surface area contributed by atoms with Crippen LogP contribution in [0.5, 0.6) is 0 Å². The predicted molar refractivity (Wildman–Crippen MR) is 107 cm³/mol. The van der Waals surface area contributed by atoms with Crippen LogP contribution in [0.1, 0.15) is 12.5 Å². The molecule has 0 radical (unpaired) electrons. The first kappa shape index (κ1) is 18.2. The molecular formula is C18H17Cl2N5O. The molecule has 2 aromatic heterocycles. The molecule has 6 nitrogen and oxygen atoms in total. The van der Waals surface area contributed by atoms with E-state index in [0.29, 0.717) is 18.1 Å². The summed E-state index contributed by atoms with van der Waals surface area (Å²) in [5, 5.41) is 4.91. The van der Waals surface area contributed by atoms with Gasteiger partial charge in [-0.2, -0.15) is 0 Å². The van der Waals surface area contributed by atoms with Gasteiger partial charge in [0.15, 0.2) is 0 Å². The van der Waals surface area contributed by atoms with E-state index in [1.165, 1.54) is 6.33 Å². The molecule has 0 aliphatic carbocycles. The van der Waals surface area contributed by atoms with E-state index >= 15 is 0 Å². The number of aromatic amines is 1. The highest BCUT2D eigenvalue weighted by molar-refractivity contribution is 6.30. The van der Waals surface area contributed by atoms with Crippen molar-refractivity contribution in [2.75, 3.05) is 5.32 Å². The van der Waals surface area contributed by atoms with E-state index in [4.69, 9.17) is 11.6 Å². The standard InChI is InChI=1S/C18H16ClN5O.ClH/c1-2-24-16-8-14-13(7-15(16)23-18(24)25)17(22-10-21-14)20-9-11-3-5-12(19)6-4-11;/h3-8,10H,2,9H2,1H3,(H,23,25)(H,20,21,22);1H. The first-order chi connectivity index (χ1) is 12.2. The summed E-state index contributed by atoms with van der Waals surface area (Å²) in [5.41, 5.74) is 3.41. The minimum atomic E-state index is -0.114. The fraction of sp³-hybridized carbons (Fsp3) is 0.167. The highest BCUT2D eigenvalue weighted by atomic mass is 35.5. The zero-order chi connectivity index (χ0) is 17.4. The monoisotopic (exact) mass is 389 g/mol. The van der Waals surface area contributed by atoms with Crippen molar-refractivity contribution in [1.82, 2.24) is 19.5 Å². The summed E-state index contributed by atoms with van der Waals surface area (Å²) in [6, 6.07) is 11.5. The number of rotatable bonds is 4. The Labute approximate surface area is 160 Å². The van der Waals surface area contributed by atoms with Gasteiger partial charge in [-0.1, -0.05) is 23.7 Å². The third-order valence-electron chi connectivity index (χ3n) is 4.22. The first-order valence-electron chi connectivity index (χ1n) is 8.01. The molecule has 0 fully saturated rings. The number of aromatic nitrogens is 4. The molecule has 0 amide bonds. The molecule has 0 aliphatic rings. The Bertz CT molecular complexity index is 1120. The van der Waals surface area contributed by atoms with E-state index in [0.717, 1.165) is 33.3 Å². The molecule has 0 unspecified atom stereocenters. The fourth-order valence-corrected chi connectivity index (χ4v) is 3.08. The van der Waals surface area contributed by atoms with Crippen molar-refractivity contribution in [1.29, 1.82) is 0 Å². The quantitative estimate of drug-likeness (QED) is 0.553. The van der Waals surface area contributed by atoms with E-state index < -0.39 is 0 Å². The van der Waals surface area contributed by atoms with Gasteiger partial charge in [0.05, 0.1) is 16.6 Å². The smallest absolute Gasteiger partial charge is 0.326 e. The van der Waals surface area contributed by atoms with E-state index in [9.17, 15) is 4.79 Å². The van der Waals surface area contributed by atoms with Crippen LogP contribution in [0.25, 0.3) is 21.9 Å². The molecular weight excluding hydrogens is 373 g/mol. The molecule has 4 rings (SSSR count). The van der Waals surface area contributed by atoms with Crippen molar-refractivity contribution in [3.05, 3.63) is 63.8 Å². The lowest BCUT2D eigenvalue weighted by Crippen LogP contribution is -2.14. The van der Waals surface area contributed by atoms with Gasteiger partial charge in [-0.15, -0.1) is 12.4 Å². The molecule has 0 atom stereocenters. The van der Waals surface area contributed by atoms with Crippen molar-refractivity contribution in [3.63, 3.8) is 0 Å². The zero-order valence-corrected chi connectivity index (χ0v) is 15.6. The van der Waals surface area contributed by atoms with Gasteiger partial charge < -0.3 is 10.3 Å². The lowest BCUT2D eigenvalue weighted by Gasteiger charge is -2.09. The van der Waals surface area contributed by atoms with Crippen molar-refractivity contribution < 1.29 is 0 Å². The SMILES string of the molecule is CCn1c(=O)[nH]c2cc3c(NCc4ccc(Cl)cc4)ncnc3cc21.Cl. The van der Waals surface area contributed by atoms with Gasteiger partial charge in [0.1, 0.15) is 12.1 Å². The van der Waals surface area contributed by atoms with Gasteiger partial charge in [-0.3, -0.25) is 4.57 Å². The number of H-pyrrole nitrogens is 1. The number of imidazole rings is 1. The van der Waals surface area contributed by atoms with Gasteiger partial charge in [-0.25, -0.2) is 14.8 Å². The molecule has 8 heteroatoms. The van der Waals surface area contributed by atoms with Gasteiger partial charge in [-0.05, 0) is 36.8 Å². The molecule has 0 saturated carbocycles. The van der Waals surface area contributed by atoms with Crippen LogP contribution in [0.2, 0.25) is 5.02 Å². The second-order valence-corrected chi connectivity index (χ2v) is 6.20. The summed E-state index contributed by atoms with van der Waals surface area (Å²) in [7, 11) is 0. The lowest BCUT2D eigenvalue weighted by molar-refractivity contribution is 0.753. The lowest BCUT2D eigenvalue weighted by atomic mass is 10.2. The minimum absolute atomic E-state index is 0. The number of halogens is 2. The molecule has 0 saturated heterocycles. The average Bonchev–Trinajstić information content (AvgIpc) is 2.93. The van der Waals surface area contributed by atoms with Crippen LogP contribution in [-0.4, -0.2) is 19.5 Å². The summed E-state index contributed by atoms with van der Waals surface area (Å²) >= 11 is 5.92. The summed E-state index contributed by atoms with van der Waals surface area (Å²) in [4.78, 5) is 23.6. The molecule has 2 N–H and O–H groups in total. The Balaban J connectivity index is 0.00000196. The number of nitrogens with zero attached hydrogens (tertiary/aromatic N) is 3. The maximum Gasteiger partial charge on any atom is 0.326 e. The van der Waals surface area contributed by atoms with Gasteiger partial charge >= 0.3 is 5.69 Å². The van der Waals surface area contributed by atoms with E-state index in [1.807, 2.05) is 43.3 Å². The Morgan fingerprint density at radius 1 is 1.19 bits per heavy atom. The van der Waals surface area contributed by atoms with Crippen molar-refractivity contribution in [2.45, 2.75) is 20.0 Å². The highest BCUT2D eigenvalue weighted by Crippen LogP contribution is 2.24. The number of nitrogens with one attached hydrogen (secondary N) is 2. The Kier molecular flexibility index (Phi) is 5.15. The van der Waals surface area contributed by atoms with Crippen LogP contribution >= 0.6 is 24.0 Å². The normalized spacial score (nSPS) is 10.8. The van der Waals surface area contributed by atoms with Crippen molar-refractivity contribution in [3.8, 4) is 0 Å². The van der Waals surface area contributed by atoms with Crippen LogP contribution in [0, 0.1) is 0 Å². The summed E-state index contributed by atoms with van der Waals surface area (Å²) < 4.78 is 1.69. The summed E-state index contributed by atoms with van der Waals surface area (Å²) in [6.07, 6.45) is 1.53. The molecule has 2 aromatic carbocycles.